The van der Waals surface area contributed by atoms with Crippen LogP contribution in [0, 0.1) is 5.92 Å². The molecule has 2 aromatic carbocycles. The fourth-order valence-electron chi connectivity index (χ4n) is 3.80. The molecule has 2 atom stereocenters. The van der Waals surface area contributed by atoms with Crippen LogP contribution in [0.1, 0.15) is 23.1 Å². The summed E-state index contributed by atoms with van der Waals surface area (Å²) in [6.07, 6.45) is -2.75. The van der Waals surface area contributed by atoms with Gasteiger partial charge in [0.25, 0.3) is 0 Å². The minimum atomic E-state index is -4.33. The molecule has 0 saturated heterocycles. The molecule has 0 aliphatic carbocycles. The Bertz CT molecular complexity index is 868. The van der Waals surface area contributed by atoms with Crippen molar-refractivity contribution >= 4 is 26.2 Å². The number of benzene rings is 2. The van der Waals surface area contributed by atoms with Gasteiger partial charge in [-0.2, -0.15) is 13.2 Å². The second-order valence-electron chi connectivity index (χ2n) is 6.99. The Morgan fingerprint density at radius 1 is 1.11 bits per heavy atom. The minimum absolute atomic E-state index is 0.0169. The van der Waals surface area contributed by atoms with Crippen LogP contribution >= 0.6 is 15.9 Å². The molecule has 0 bridgehead atoms. The molecule has 0 radical (unpaired) electrons. The number of para-hydroxylation sites is 1. The molecule has 4 rings (SSSR count). The van der Waals surface area contributed by atoms with Gasteiger partial charge in [-0.15, -0.1) is 0 Å². The van der Waals surface area contributed by atoms with Crippen LogP contribution in [0.25, 0.3) is 0 Å². The van der Waals surface area contributed by atoms with Crippen molar-refractivity contribution < 1.29 is 18.0 Å². The standard InChI is InChI=1S/C20H18BrF3N2O/c21-19-10-18(27-25-19)15-9-14-5-1-2-7-17(14)26(12-15)11-13-4-3-6-16(8-13)20(22,23)24/h1-8,15,18H,9-12H2/t15-,18-/m1/s1. The third-order valence-electron chi connectivity index (χ3n) is 5.08. The molecule has 0 spiro atoms. The molecule has 0 fully saturated rings. The summed E-state index contributed by atoms with van der Waals surface area (Å²) in [5, 5.41) is 3.99. The van der Waals surface area contributed by atoms with Crippen LogP contribution in [0.5, 0.6) is 0 Å². The van der Waals surface area contributed by atoms with Crippen LogP contribution in [0.2, 0.25) is 0 Å². The average Bonchev–Trinajstić information content (AvgIpc) is 3.08. The second kappa shape index (κ2) is 7.19. The van der Waals surface area contributed by atoms with E-state index in [9.17, 15) is 13.2 Å². The Morgan fingerprint density at radius 3 is 2.67 bits per heavy atom. The van der Waals surface area contributed by atoms with Crippen LogP contribution in [0.15, 0.2) is 53.7 Å². The molecule has 0 amide bonds. The van der Waals surface area contributed by atoms with Crippen molar-refractivity contribution in [1.82, 2.24) is 0 Å². The van der Waals surface area contributed by atoms with Crippen LogP contribution in [-0.2, 0) is 24.0 Å². The van der Waals surface area contributed by atoms with Gasteiger partial charge < -0.3 is 9.74 Å². The SMILES string of the molecule is FC(F)(F)c1cccc(CN2C[C@H]([C@H]3CC(Br)=NO3)Cc3ccccc32)c1. The Kier molecular flexibility index (Phi) is 4.88. The zero-order valence-corrected chi connectivity index (χ0v) is 16.0. The van der Waals surface area contributed by atoms with Crippen molar-refractivity contribution in [3.05, 3.63) is 65.2 Å². The highest BCUT2D eigenvalue weighted by Crippen LogP contribution is 2.36. The second-order valence-corrected chi connectivity index (χ2v) is 7.90. The third kappa shape index (κ3) is 3.98. The number of alkyl halides is 3. The molecule has 0 aromatic heterocycles. The van der Waals surface area contributed by atoms with Crippen LogP contribution < -0.4 is 4.90 Å². The van der Waals surface area contributed by atoms with Crippen molar-refractivity contribution in [3.63, 3.8) is 0 Å². The molecule has 2 aliphatic heterocycles. The number of hydrogen-bond donors (Lipinski definition) is 0. The van der Waals surface area contributed by atoms with Crippen LogP contribution in [-0.4, -0.2) is 17.3 Å². The topological polar surface area (TPSA) is 24.8 Å². The molecule has 2 heterocycles. The number of anilines is 1. The maximum absolute atomic E-state index is 13.0. The normalized spacial score (nSPS) is 22.2. The van der Waals surface area contributed by atoms with Gasteiger partial charge in [0.05, 0.1) is 5.56 Å². The smallest absolute Gasteiger partial charge is 0.391 e. The third-order valence-corrected chi connectivity index (χ3v) is 5.55. The molecular weight excluding hydrogens is 421 g/mol. The number of oxime groups is 1. The van der Waals surface area contributed by atoms with Crippen molar-refractivity contribution in [2.75, 3.05) is 11.4 Å². The first-order chi connectivity index (χ1) is 12.9. The van der Waals surface area contributed by atoms with E-state index in [1.165, 1.54) is 17.7 Å². The van der Waals surface area contributed by atoms with Gasteiger partial charge in [0.2, 0.25) is 0 Å². The Hall–Kier alpha value is -2.02. The lowest BCUT2D eigenvalue weighted by Crippen LogP contribution is -2.40. The van der Waals surface area contributed by atoms with E-state index in [-0.39, 0.29) is 12.0 Å². The summed E-state index contributed by atoms with van der Waals surface area (Å²) in [4.78, 5) is 7.70. The Balaban J connectivity index is 1.59. The monoisotopic (exact) mass is 438 g/mol. The van der Waals surface area contributed by atoms with Crippen molar-refractivity contribution in [2.24, 2.45) is 11.1 Å². The molecule has 3 nitrogen and oxygen atoms in total. The molecule has 0 N–H and O–H groups in total. The highest BCUT2D eigenvalue weighted by Gasteiger charge is 2.35. The number of hydrogen-bond acceptors (Lipinski definition) is 3. The highest BCUT2D eigenvalue weighted by molar-refractivity contribution is 9.18. The summed E-state index contributed by atoms with van der Waals surface area (Å²) in [5.74, 6) is 0.226. The first kappa shape index (κ1) is 18.3. The maximum Gasteiger partial charge on any atom is 0.416 e. The van der Waals surface area contributed by atoms with E-state index >= 15 is 0 Å². The fraction of sp³-hybridized carbons (Fsp3) is 0.350. The van der Waals surface area contributed by atoms with E-state index in [1.54, 1.807) is 6.07 Å². The molecule has 2 aliphatic rings. The molecule has 27 heavy (non-hydrogen) atoms. The summed E-state index contributed by atoms with van der Waals surface area (Å²) in [7, 11) is 0. The van der Waals surface area contributed by atoms with E-state index < -0.39 is 11.7 Å². The number of nitrogens with zero attached hydrogens (tertiary/aromatic N) is 2. The molecule has 0 saturated carbocycles. The van der Waals surface area contributed by atoms with E-state index in [4.69, 9.17) is 4.84 Å². The zero-order chi connectivity index (χ0) is 19.0. The predicted molar refractivity (Wildman–Crippen MR) is 102 cm³/mol. The fourth-order valence-corrected chi connectivity index (χ4v) is 4.21. The van der Waals surface area contributed by atoms with Gasteiger partial charge in [0.15, 0.2) is 0 Å². The largest absolute Gasteiger partial charge is 0.416 e. The number of fused-ring (bicyclic) bond motifs is 1. The maximum atomic E-state index is 13.0. The first-order valence-electron chi connectivity index (χ1n) is 8.77. The average molecular weight is 439 g/mol. The lowest BCUT2D eigenvalue weighted by molar-refractivity contribution is -0.137. The van der Waals surface area contributed by atoms with E-state index in [0.717, 1.165) is 29.2 Å². The lowest BCUT2D eigenvalue weighted by Gasteiger charge is -2.37. The van der Waals surface area contributed by atoms with Gasteiger partial charge in [0.1, 0.15) is 10.7 Å². The van der Waals surface area contributed by atoms with Gasteiger partial charge >= 0.3 is 6.18 Å². The summed E-state index contributed by atoms with van der Waals surface area (Å²) in [6.45, 7) is 1.14. The summed E-state index contributed by atoms with van der Waals surface area (Å²) in [6, 6.07) is 13.6. The first-order valence-corrected chi connectivity index (χ1v) is 9.56. The lowest BCUT2D eigenvalue weighted by atomic mass is 9.87. The molecule has 142 valence electrons. The van der Waals surface area contributed by atoms with Gasteiger partial charge in [0, 0.05) is 31.1 Å². The van der Waals surface area contributed by atoms with Gasteiger partial charge in [-0.05, 0) is 51.7 Å². The van der Waals surface area contributed by atoms with E-state index in [2.05, 4.69) is 32.1 Å². The van der Waals surface area contributed by atoms with Crippen molar-refractivity contribution in [1.29, 1.82) is 0 Å². The molecule has 7 heteroatoms. The highest BCUT2D eigenvalue weighted by atomic mass is 79.9. The van der Waals surface area contributed by atoms with Crippen molar-refractivity contribution in [3.8, 4) is 0 Å². The van der Waals surface area contributed by atoms with Gasteiger partial charge in [-0.3, -0.25) is 0 Å². The molecular formula is C20H18BrF3N2O. The van der Waals surface area contributed by atoms with Gasteiger partial charge in [-0.25, -0.2) is 0 Å². The quantitative estimate of drug-likeness (QED) is 0.642. The Morgan fingerprint density at radius 2 is 1.93 bits per heavy atom. The van der Waals surface area contributed by atoms with Crippen LogP contribution in [0.4, 0.5) is 18.9 Å². The van der Waals surface area contributed by atoms with Crippen molar-refractivity contribution in [2.45, 2.75) is 31.7 Å². The molecule has 2 aromatic rings. The number of rotatable bonds is 3. The van der Waals surface area contributed by atoms with E-state index in [1.807, 2.05) is 18.2 Å². The summed E-state index contributed by atoms with van der Waals surface area (Å²) in [5.41, 5.74) is 2.29. The number of halogens is 4. The predicted octanol–water partition coefficient (Wildman–Crippen LogP) is 5.38. The van der Waals surface area contributed by atoms with Crippen LogP contribution in [0.3, 0.4) is 0 Å². The summed E-state index contributed by atoms with van der Waals surface area (Å²) >= 11 is 3.38. The summed E-state index contributed by atoms with van der Waals surface area (Å²) < 4.78 is 39.9. The Labute approximate surface area is 163 Å². The van der Waals surface area contributed by atoms with Gasteiger partial charge in [-0.1, -0.05) is 35.5 Å². The minimum Gasteiger partial charge on any atom is -0.391 e. The zero-order valence-electron chi connectivity index (χ0n) is 14.4. The van der Waals surface area contributed by atoms with E-state index in [0.29, 0.717) is 18.7 Å². The molecule has 0 unspecified atom stereocenters.